The largest absolute Gasteiger partial charge is 0.382 e. The summed E-state index contributed by atoms with van der Waals surface area (Å²) in [6.07, 6.45) is 6.62. The molecule has 0 radical (unpaired) electrons. The van der Waals surface area contributed by atoms with Gasteiger partial charge in [0.2, 0.25) is 0 Å². The highest BCUT2D eigenvalue weighted by molar-refractivity contribution is 5.96. The summed E-state index contributed by atoms with van der Waals surface area (Å²) in [6.45, 7) is 0.717. The van der Waals surface area contributed by atoms with Gasteiger partial charge in [-0.05, 0) is 18.8 Å². The topological polar surface area (TPSA) is 80.9 Å². The van der Waals surface area contributed by atoms with E-state index < -0.39 is 0 Å². The first-order valence-electron chi connectivity index (χ1n) is 5.12. The molecule has 3 N–H and O–H groups in total. The highest BCUT2D eigenvalue weighted by atomic mass is 16.1. The number of hydrogen-bond donors (Lipinski definition) is 2. The van der Waals surface area contributed by atoms with Crippen molar-refractivity contribution in [3.05, 3.63) is 18.1 Å². The molecule has 0 aromatic carbocycles. The van der Waals surface area contributed by atoms with Crippen LogP contribution in [0.1, 0.15) is 29.8 Å². The molecule has 0 unspecified atom stereocenters. The first kappa shape index (κ1) is 9.89. The average molecular weight is 206 g/mol. The molecule has 0 saturated heterocycles. The fourth-order valence-corrected chi connectivity index (χ4v) is 1.54. The Hall–Kier alpha value is -1.65. The van der Waals surface area contributed by atoms with Crippen molar-refractivity contribution in [2.45, 2.75) is 19.3 Å². The van der Waals surface area contributed by atoms with Gasteiger partial charge in [0, 0.05) is 18.9 Å². The van der Waals surface area contributed by atoms with E-state index in [1.807, 2.05) is 0 Å². The lowest BCUT2D eigenvalue weighted by Gasteiger charge is -2.25. The molecule has 1 aromatic rings. The molecule has 2 rings (SSSR count). The van der Waals surface area contributed by atoms with Gasteiger partial charge in [0.25, 0.3) is 5.91 Å². The van der Waals surface area contributed by atoms with Crippen LogP contribution < -0.4 is 11.1 Å². The zero-order chi connectivity index (χ0) is 10.7. The number of anilines is 1. The van der Waals surface area contributed by atoms with E-state index in [0.29, 0.717) is 5.92 Å². The third kappa shape index (κ3) is 2.23. The van der Waals surface area contributed by atoms with Gasteiger partial charge in [0.15, 0.2) is 11.5 Å². The van der Waals surface area contributed by atoms with Gasteiger partial charge in [-0.3, -0.25) is 4.79 Å². The van der Waals surface area contributed by atoms with Crippen LogP contribution in [0, 0.1) is 5.92 Å². The van der Waals surface area contributed by atoms with Crippen LogP contribution in [-0.2, 0) is 0 Å². The minimum atomic E-state index is -0.229. The van der Waals surface area contributed by atoms with Gasteiger partial charge in [-0.2, -0.15) is 0 Å². The van der Waals surface area contributed by atoms with Crippen molar-refractivity contribution in [1.29, 1.82) is 0 Å². The third-order valence-electron chi connectivity index (χ3n) is 2.72. The zero-order valence-electron chi connectivity index (χ0n) is 8.44. The Morgan fingerprint density at radius 1 is 1.47 bits per heavy atom. The van der Waals surface area contributed by atoms with Gasteiger partial charge in [-0.1, -0.05) is 6.42 Å². The lowest BCUT2D eigenvalue weighted by molar-refractivity contribution is 0.0934. The summed E-state index contributed by atoms with van der Waals surface area (Å²) >= 11 is 0. The third-order valence-corrected chi connectivity index (χ3v) is 2.72. The average Bonchev–Trinajstić information content (AvgIpc) is 2.16. The normalized spacial score (nSPS) is 15.7. The van der Waals surface area contributed by atoms with Crippen molar-refractivity contribution in [3.63, 3.8) is 0 Å². The van der Waals surface area contributed by atoms with Crippen LogP contribution in [0.2, 0.25) is 0 Å². The van der Waals surface area contributed by atoms with E-state index in [2.05, 4.69) is 15.3 Å². The molecule has 1 aliphatic carbocycles. The number of nitrogens with zero attached hydrogens (tertiary/aromatic N) is 2. The van der Waals surface area contributed by atoms with E-state index in [0.717, 1.165) is 6.54 Å². The van der Waals surface area contributed by atoms with E-state index in [1.54, 1.807) is 0 Å². The number of carbonyl (C=O) groups excluding carboxylic acids is 1. The van der Waals surface area contributed by atoms with E-state index in [4.69, 9.17) is 5.73 Å². The Morgan fingerprint density at radius 2 is 2.20 bits per heavy atom. The minimum absolute atomic E-state index is 0.184. The van der Waals surface area contributed by atoms with Gasteiger partial charge >= 0.3 is 0 Å². The fraction of sp³-hybridized carbons (Fsp3) is 0.500. The molecule has 1 aliphatic rings. The molecule has 15 heavy (non-hydrogen) atoms. The number of amides is 1. The Morgan fingerprint density at radius 3 is 2.80 bits per heavy atom. The van der Waals surface area contributed by atoms with Crippen molar-refractivity contribution in [3.8, 4) is 0 Å². The minimum Gasteiger partial charge on any atom is -0.382 e. The Labute approximate surface area is 88.1 Å². The highest BCUT2D eigenvalue weighted by Gasteiger charge is 2.19. The summed E-state index contributed by atoms with van der Waals surface area (Å²) in [5.41, 5.74) is 5.76. The number of carbonyl (C=O) groups is 1. The Balaban J connectivity index is 1.92. The van der Waals surface area contributed by atoms with Crippen LogP contribution in [0.5, 0.6) is 0 Å². The maximum Gasteiger partial charge on any atom is 0.273 e. The highest BCUT2D eigenvalue weighted by Crippen LogP contribution is 2.25. The lowest BCUT2D eigenvalue weighted by atomic mass is 9.85. The first-order chi connectivity index (χ1) is 7.27. The van der Waals surface area contributed by atoms with Crippen LogP contribution in [0.3, 0.4) is 0 Å². The Kier molecular flexibility index (Phi) is 2.80. The summed E-state index contributed by atoms with van der Waals surface area (Å²) in [5.74, 6) is 0.586. The van der Waals surface area contributed by atoms with Gasteiger partial charge in [0.05, 0.1) is 0 Å². The van der Waals surface area contributed by atoms with E-state index in [1.165, 1.54) is 31.7 Å². The smallest absolute Gasteiger partial charge is 0.273 e. The maximum atomic E-state index is 11.6. The molecule has 1 heterocycles. The maximum absolute atomic E-state index is 11.6. The first-order valence-corrected chi connectivity index (χ1v) is 5.12. The number of aromatic nitrogens is 2. The van der Waals surface area contributed by atoms with Gasteiger partial charge in [0.1, 0.15) is 0 Å². The number of nitrogens with two attached hydrogens (primary N) is 1. The number of hydrogen-bond acceptors (Lipinski definition) is 4. The zero-order valence-corrected chi connectivity index (χ0v) is 8.44. The van der Waals surface area contributed by atoms with Gasteiger partial charge < -0.3 is 11.1 Å². The standard InChI is InChI=1S/C10H14N4O/c11-9-8(12-4-5-13-9)10(15)14-6-7-2-1-3-7/h4-5,7H,1-3,6H2,(H2,11,13)(H,14,15). The van der Waals surface area contributed by atoms with E-state index >= 15 is 0 Å². The van der Waals surface area contributed by atoms with E-state index in [-0.39, 0.29) is 17.4 Å². The van der Waals surface area contributed by atoms with E-state index in [9.17, 15) is 4.79 Å². The molecule has 0 spiro atoms. The molecule has 1 aromatic heterocycles. The van der Waals surface area contributed by atoms with Gasteiger partial charge in [-0.25, -0.2) is 9.97 Å². The van der Waals surface area contributed by atoms with Crippen LogP contribution in [0.4, 0.5) is 5.82 Å². The second-order valence-corrected chi connectivity index (χ2v) is 3.80. The van der Waals surface area contributed by atoms with Crippen molar-refractivity contribution >= 4 is 11.7 Å². The summed E-state index contributed by atoms with van der Waals surface area (Å²) in [7, 11) is 0. The van der Waals surface area contributed by atoms with Crippen molar-refractivity contribution in [1.82, 2.24) is 15.3 Å². The lowest BCUT2D eigenvalue weighted by Crippen LogP contribution is -2.33. The van der Waals surface area contributed by atoms with Gasteiger partial charge in [-0.15, -0.1) is 0 Å². The summed E-state index contributed by atoms with van der Waals surface area (Å²) < 4.78 is 0. The number of nitrogens with one attached hydrogen (secondary N) is 1. The Bertz CT molecular complexity index is 362. The van der Waals surface area contributed by atoms with Crippen molar-refractivity contribution in [2.75, 3.05) is 12.3 Å². The van der Waals surface area contributed by atoms with Crippen LogP contribution in [0.15, 0.2) is 12.4 Å². The second kappa shape index (κ2) is 4.25. The molecule has 0 atom stereocenters. The monoisotopic (exact) mass is 206 g/mol. The molecule has 5 nitrogen and oxygen atoms in total. The number of rotatable bonds is 3. The van der Waals surface area contributed by atoms with Crippen molar-refractivity contribution in [2.24, 2.45) is 5.92 Å². The fourth-order valence-electron chi connectivity index (χ4n) is 1.54. The number of nitrogen functional groups attached to an aromatic ring is 1. The SMILES string of the molecule is Nc1nccnc1C(=O)NCC1CCC1. The summed E-state index contributed by atoms with van der Waals surface area (Å²) in [6, 6.07) is 0. The molecule has 80 valence electrons. The molecule has 0 bridgehead atoms. The summed E-state index contributed by atoms with van der Waals surface area (Å²) in [4.78, 5) is 19.3. The second-order valence-electron chi connectivity index (χ2n) is 3.80. The predicted molar refractivity (Wildman–Crippen MR) is 56.1 cm³/mol. The molecule has 1 amide bonds. The molecule has 1 fully saturated rings. The molecule has 1 saturated carbocycles. The molecular formula is C10H14N4O. The van der Waals surface area contributed by atoms with Crippen LogP contribution in [-0.4, -0.2) is 22.4 Å². The quantitative estimate of drug-likeness (QED) is 0.758. The van der Waals surface area contributed by atoms with Crippen LogP contribution in [0.25, 0.3) is 0 Å². The summed E-state index contributed by atoms with van der Waals surface area (Å²) in [5, 5.41) is 2.82. The van der Waals surface area contributed by atoms with Crippen LogP contribution >= 0.6 is 0 Å². The predicted octanol–water partition coefficient (Wildman–Crippen LogP) is 0.589. The molecule has 5 heteroatoms. The molecular weight excluding hydrogens is 192 g/mol. The van der Waals surface area contributed by atoms with Crippen molar-refractivity contribution < 1.29 is 4.79 Å². The molecule has 0 aliphatic heterocycles.